The van der Waals surface area contributed by atoms with Crippen molar-refractivity contribution in [1.29, 1.82) is 0 Å². The Bertz CT molecular complexity index is 934. The highest BCUT2D eigenvalue weighted by Crippen LogP contribution is 2.33. The molecule has 4 rings (SSSR count). The van der Waals surface area contributed by atoms with Crippen molar-refractivity contribution in [1.82, 2.24) is 19.6 Å². The molecule has 1 saturated heterocycles. The maximum Gasteiger partial charge on any atom is 0.194 e. The van der Waals surface area contributed by atoms with Gasteiger partial charge in [-0.25, -0.2) is 4.98 Å². The highest BCUT2D eigenvalue weighted by atomic mass is 16.5. The molecule has 1 fully saturated rings. The van der Waals surface area contributed by atoms with Gasteiger partial charge in [-0.3, -0.25) is 4.40 Å². The Balaban J connectivity index is 1.87. The number of morpholine rings is 1. The van der Waals surface area contributed by atoms with Crippen LogP contribution in [0, 0.1) is 0 Å². The van der Waals surface area contributed by atoms with E-state index in [-0.39, 0.29) is 0 Å². The average Bonchev–Trinajstić information content (AvgIpc) is 3.11. The molecule has 1 aromatic carbocycles. The van der Waals surface area contributed by atoms with E-state index in [1.165, 1.54) is 4.90 Å². The number of ether oxygens (including phenoxy) is 3. The van der Waals surface area contributed by atoms with Crippen molar-refractivity contribution >= 4 is 16.6 Å². The van der Waals surface area contributed by atoms with Crippen LogP contribution in [0.1, 0.15) is 18.6 Å². The smallest absolute Gasteiger partial charge is 0.194 e. The summed E-state index contributed by atoms with van der Waals surface area (Å²) in [6, 6.07) is 3.82. The largest absolute Gasteiger partial charge is 0.493 e. The standard InChI is InChI=1S/C18H23N5O3/c1-4-16-19-13-10-15(25-3)14(24-2)9-12(13)18-21-20-17(23(16)18)11-22-5-7-26-8-6-22/h9-10H,4-8,11H2,1-3H3/p+1. The van der Waals surface area contributed by atoms with E-state index in [0.717, 1.165) is 67.5 Å². The minimum Gasteiger partial charge on any atom is -0.493 e. The molecule has 3 heterocycles. The van der Waals surface area contributed by atoms with E-state index < -0.39 is 0 Å². The first-order chi connectivity index (χ1) is 12.7. The van der Waals surface area contributed by atoms with Gasteiger partial charge in [-0.05, 0) is 6.07 Å². The third-order valence-electron chi connectivity index (χ3n) is 4.90. The van der Waals surface area contributed by atoms with Crippen LogP contribution in [0.2, 0.25) is 0 Å². The fourth-order valence-electron chi connectivity index (χ4n) is 3.50. The Morgan fingerprint density at radius 2 is 1.81 bits per heavy atom. The number of aromatic nitrogens is 4. The fourth-order valence-corrected chi connectivity index (χ4v) is 3.50. The number of nitrogens with zero attached hydrogens (tertiary/aromatic N) is 4. The molecular formula is C18H24N5O3+. The fraction of sp³-hybridized carbons (Fsp3) is 0.500. The summed E-state index contributed by atoms with van der Waals surface area (Å²) in [4.78, 5) is 6.30. The third kappa shape index (κ3) is 2.85. The molecule has 1 aliphatic rings. The molecular weight excluding hydrogens is 334 g/mol. The Labute approximate surface area is 151 Å². The molecule has 0 unspecified atom stereocenters. The molecule has 1 N–H and O–H groups in total. The molecule has 0 atom stereocenters. The monoisotopic (exact) mass is 358 g/mol. The zero-order chi connectivity index (χ0) is 18.1. The Hall–Kier alpha value is -2.45. The maximum absolute atomic E-state index is 5.45. The molecule has 2 aromatic heterocycles. The van der Waals surface area contributed by atoms with E-state index in [1.807, 2.05) is 12.1 Å². The first kappa shape index (κ1) is 17.0. The second-order valence-corrected chi connectivity index (χ2v) is 6.42. The Morgan fingerprint density at radius 3 is 2.50 bits per heavy atom. The van der Waals surface area contributed by atoms with E-state index in [2.05, 4.69) is 21.5 Å². The van der Waals surface area contributed by atoms with Crippen molar-refractivity contribution in [3.05, 3.63) is 23.8 Å². The molecule has 0 amide bonds. The summed E-state index contributed by atoms with van der Waals surface area (Å²) < 4.78 is 18.4. The van der Waals surface area contributed by atoms with Crippen LogP contribution in [-0.4, -0.2) is 60.1 Å². The predicted molar refractivity (Wildman–Crippen MR) is 96.0 cm³/mol. The molecule has 138 valence electrons. The van der Waals surface area contributed by atoms with E-state index >= 15 is 0 Å². The zero-order valence-electron chi connectivity index (χ0n) is 15.4. The van der Waals surface area contributed by atoms with Gasteiger partial charge in [0.1, 0.15) is 25.5 Å². The topological polar surface area (TPSA) is 75.2 Å². The summed E-state index contributed by atoms with van der Waals surface area (Å²) in [6.07, 6.45) is 0.796. The van der Waals surface area contributed by atoms with E-state index in [0.29, 0.717) is 11.5 Å². The van der Waals surface area contributed by atoms with E-state index in [1.54, 1.807) is 14.2 Å². The number of nitrogens with one attached hydrogen (secondary N) is 1. The Morgan fingerprint density at radius 1 is 1.08 bits per heavy atom. The van der Waals surface area contributed by atoms with E-state index in [9.17, 15) is 0 Å². The first-order valence-electron chi connectivity index (χ1n) is 8.95. The minimum atomic E-state index is 0.663. The van der Waals surface area contributed by atoms with Crippen molar-refractivity contribution in [2.24, 2.45) is 0 Å². The second-order valence-electron chi connectivity index (χ2n) is 6.42. The van der Waals surface area contributed by atoms with E-state index in [4.69, 9.17) is 19.2 Å². The first-order valence-corrected chi connectivity index (χ1v) is 8.95. The lowest BCUT2D eigenvalue weighted by Gasteiger charge is -2.23. The van der Waals surface area contributed by atoms with Crippen LogP contribution in [0.25, 0.3) is 16.6 Å². The minimum absolute atomic E-state index is 0.663. The lowest BCUT2D eigenvalue weighted by atomic mass is 10.2. The van der Waals surface area contributed by atoms with Gasteiger partial charge in [-0.2, -0.15) is 0 Å². The van der Waals surface area contributed by atoms with Gasteiger partial charge < -0.3 is 19.1 Å². The van der Waals surface area contributed by atoms with Gasteiger partial charge in [0.25, 0.3) is 0 Å². The molecule has 3 aromatic rings. The number of benzene rings is 1. The van der Waals surface area contributed by atoms with Crippen LogP contribution in [0.5, 0.6) is 11.5 Å². The van der Waals surface area contributed by atoms with Gasteiger partial charge in [0.05, 0.1) is 33.0 Å². The summed E-state index contributed by atoms with van der Waals surface area (Å²) in [6.45, 7) is 6.48. The number of fused-ring (bicyclic) bond motifs is 3. The molecule has 0 aliphatic carbocycles. The average molecular weight is 358 g/mol. The predicted octanol–water partition coefficient (Wildman–Crippen LogP) is 0.272. The van der Waals surface area contributed by atoms with Crippen LogP contribution >= 0.6 is 0 Å². The normalized spacial score (nSPS) is 15.7. The van der Waals surface area contributed by atoms with Crippen molar-refractivity contribution in [3.63, 3.8) is 0 Å². The van der Waals surface area contributed by atoms with Gasteiger partial charge >= 0.3 is 0 Å². The number of methoxy groups -OCH3 is 2. The second kappa shape index (κ2) is 7.05. The van der Waals surface area contributed by atoms with Crippen LogP contribution in [0.4, 0.5) is 0 Å². The molecule has 0 bridgehead atoms. The zero-order valence-corrected chi connectivity index (χ0v) is 15.4. The number of quaternary nitrogens is 1. The van der Waals surface area contributed by atoms with Crippen molar-refractivity contribution in [3.8, 4) is 11.5 Å². The summed E-state index contributed by atoms with van der Waals surface area (Å²) >= 11 is 0. The maximum atomic E-state index is 5.45. The van der Waals surface area contributed by atoms with Crippen LogP contribution < -0.4 is 14.4 Å². The number of rotatable bonds is 5. The van der Waals surface area contributed by atoms with Crippen molar-refractivity contribution in [2.45, 2.75) is 19.9 Å². The van der Waals surface area contributed by atoms with Gasteiger partial charge in [-0.15, -0.1) is 10.2 Å². The molecule has 8 nitrogen and oxygen atoms in total. The molecule has 0 saturated carbocycles. The summed E-state index contributed by atoms with van der Waals surface area (Å²) in [5, 5.41) is 9.88. The quantitative estimate of drug-likeness (QED) is 0.706. The van der Waals surface area contributed by atoms with Gasteiger partial charge in [0, 0.05) is 17.9 Å². The lowest BCUT2D eigenvalue weighted by Crippen LogP contribution is -3.12. The molecule has 8 heteroatoms. The molecule has 1 aliphatic heterocycles. The van der Waals surface area contributed by atoms with Crippen LogP contribution in [0.15, 0.2) is 12.1 Å². The van der Waals surface area contributed by atoms with Gasteiger partial charge in [0.2, 0.25) is 0 Å². The molecule has 0 radical (unpaired) electrons. The number of hydrogen-bond acceptors (Lipinski definition) is 6. The third-order valence-corrected chi connectivity index (χ3v) is 4.90. The number of aryl methyl sites for hydroxylation is 1. The van der Waals surface area contributed by atoms with Crippen molar-refractivity contribution < 1.29 is 19.1 Å². The van der Waals surface area contributed by atoms with Crippen molar-refractivity contribution in [2.75, 3.05) is 40.5 Å². The van der Waals surface area contributed by atoms with Crippen LogP contribution in [0.3, 0.4) is 0 Å². The highest BCUT2D eigenvalue weighted by molar-refractivity contribution is 5.93. The molecule has 26 heavy (non-hydrogen) atoms. The lowest BCUT2D eigenvalue weighted by molar-refractivity contribution is -0.922. The van der Waals surface area contributed by atoms with Gasteiger partial charge in [-0.1, -0.05) is 6.92 Å². The number of hydrogen-bond donors (Lipinski definition) is 1. The highest BCUT2D eigenvalue weighted by Gasteiger charge is 2.21. The Kier molecular flexibility index (Phi) is 4.60. The summed E-state index contributed by atoms with van der Waals surface area (Å²) in [5.41, 5.74) is 1.65. The van der Waals surface area contributed by atoms with Gasteiger partial charge in [0.15, 0.2) is 23.0 Å². The summed E-state index contributed by atoms with van der Waals surface area (Å²) in [7, 11) is 3.26. The summed E-state index contributed by atoms with van der Waals surface area (Å²) in [5.74, 6) is 3.22. The SMILES string of the molecule is CCc1nc2cc(OC)c(OC)cc2c2nnc(C[NH+]3CCOCC3)n12. The van der Waals surface area contributed by atoms with Crippen LogP contribution in [-0.2, 0) is 17.7 Å². The molecule has 0 spiro atoms.